The third-order valence-electron chi connectivity index (χ3n) is 11.8. The average molecular weight is 729 g/mol. The van der Waals surface area contributed by atoms with Crippen LogP contribution in [-0.4, -0.2) is 9.97 Å². The third kappa shape index (κ3) is 5.43. The molecule has 10 aromatic rings. The molecule has 0 fully saturated rings. The Balaban J connectivity index is 1.01. The van der Waals surface area contributed by atoms with Crippen molar-refractivity contribution in [3.63, 3.8) is 0 Å². The summed E-state index contributed by atoms with van der Waals surface area (Å²) in [6.07, 6.45) is 0. The summed E-state index contributed by atoms with van der Waals surface area (Å²) >= 11 is 0. The molecule has 1 aliphatic rings. The van der Waals surface area contributed by atoms with Gasteiger partial charge in [-0.05, 0) is 87.3 Å². The molecule has 1 aliphatic carbocycles. The summed E-state index contributed by atoms with van der Waals surface area (Å²) in [6.45, 7) is 2.39. The van der Waals surface area contributed by atoms with Crippen molar-refractivity contribution in [1.29, 1.82) is 0 Å². The Kier molecular flexibility index (Phi) is 7.61. The van der Waals surface area contributed by atoms with Gasteiger partial charge in [-0.1, -0.05) is 170 Å². The molecule has 3 heteroatoms. The minimum absolute atomic E-state index is 0.316. The molecule has 0 saturated heterocycles. The smallest absolute Gasteiger partial charge is 0.160 e. The monoisotopic (exact) mass is 728 g/mol. The Morgan fingerprint density at radius 3 is 1.77 bits per heavy atom. The van der Waals surface area contributed by atoms with E-state index < -0.39 is 0 Å². The molecule has 0 saturated carbocycles. The fraction of sp³-hybridized carbons (Fsp3) is 0.0370. The van der Waals surface area contributed by atoms with E-state index in [1.165, 1.54) is 44.5 Å². The molecule has 1 atom stereocenters. The van der Waals surface area contributed by atoms with Crippen LogP contribution in [0.5, 0.6) is 0 Å². The summed E-state index contributed by atoms with van der Waals surface area (Å²) in [5.41, 5.74) is 17.5. The number of aromatic nitrogens is 2. The second-order valence-corrected chi connectivity index (χ2v) is 15.1. The second-order valence-electron chi connectivity index (χ2n) is 15.1. The predicted molar refractivity (Wildman–Crippen MR) is 234 cm³/mol. The molecule has 0 radical (unpaired) electrons. The van der Waals surface area contributed by atoms with E-state index in [9.17, 15) is 0 Å². The Labute approximate surface area is 331 Å². The first-order valence-corrected chi connectivity index (χ1v) is 19.5. The second kappa shape index (κ2) is 13.1. The van der Waals surface area contributed by atoms with E-state index in [-0.39, 0.29) is 5.41 Å². The van der Waals surface area contributed by atoms with Crippen molar-refractivity contribution in [2.75, 3.05) is 0 Å². The van der Waals surface area contributed by atoms with Gasteiger partial charge in [0.05, 0.1) is 11.4 Å². The van der Waals surface area contributed by atoms with Crippen LogP contribution in [0.3, 0.4) is 0 Å². The lowest BCUT2D eigenvalue weighted by Gasteiger charge is -2.29. The van der Waals surface area contributed by atoms with E-state index in [2.05, 4.69) is 171 Å². The molecular weight excluding hydrogens is 693 g/mol. The Morgan fingerprint density at radius 2 is 1.00 bits per heavy atom. The molecule has 0 aliphatic heterocycles. The lowest BCUT2D eigenvalue weighted by atomic mass is 9.73. The summed E-state index contributed by atoms with van der Waals surface area (Å²) in [4.78, 5) is 10.2. The van der Waals surface area contributed by atoms with Crippen molar-refractivity contribution in [2.24, 2.45) is 0 Å². The maximum absolute atomic E-state index is 6.27. The lowest BCUT2D eigenvalue weighted by Crippen LogP contribution is -2.22. The summed E-state index contributed by atoms with van der Waals surface area (Å²) in [5, 5.41) is 2.21. The van der Waals surface area contributed by atoms with Crippen molar-refractivity contribution in [1.82, 2.24) is 9.97 Å². The molecule has 11 rings (SSSR count). The standard InChI is InChI=1S/C54H36N2O/c1-54(41-18-9-4-10-19-41)46-22-13-21-42(36-14-5-2-6-15-36)52(46)45-31-28-39(32-47(45)54)35-24-26-37(27-25-35)48-34-49(56-53(55-48)38-16-7-3-8-17-38)40-29-30-44-43-20-11-12-23-50(43)57-51(44)33-40/h2-34H,1H3. The number of para-hydroxylation sites is 1. The van der Waals surface area contributed by atoms with Gasteiger partial charge in [-0.25, -0.2) is 9.97 Å². The molecule has 8 aromatic carbocycles. The molecular formula is C54H36N2O. The first kappa shape index (κ1) is 33.0. The zero-order chi connectivity index (χ0) is 37.9. The number of hydrogen-bond donors (Lipinski definition) is 0. The van der Waals surface area contributed by atoms with Crippen molar-refractivity contribution < 1.29 is 4.42 Å². The van der Waals surface area contributed by atoms with Gasteiger partial charge in [0.2, 0.25) is 0 Å². The van der Waals surface area contributed by atoms with Gasteiger partial charge >= 0.3 is 0 Å². The summed E-state index contributed by atoms with van der Waals surface area (Å²) in [5.74, 6) is 0.685. The summed E-state index contributed by atoms with van der Waals surface area (Å²) in [7, 11) is 0. The first-order valence-electron chi connectivity index (χ1n) is 19.5. The molecule has 0 spiro atoms. The highest BCUT2D eigenvalue weighted by atomic mass is 16.3. The van der Waals surface area contributed by atoms with Gasteiger partial charge in [0, 0.05) is 32.9 Å². The highest BCUT2D eigenvalue weighted by molar-refractivity contribution is 6.06. The van der Waals surface area contributed by atoms with Crippen LogP contribution < -0.4 is 0 Å². The molecule has 268 valence electrons. The molecule has 0 amide bonds. The van der Waals surface area contributed by atoms with E-state index in [4.69, 9.17) is 14.4 Å². The Bertz CT molecular complexity index is 3110. The number of fused-ring (bicyclic) bond motifs is 6. The molecule has 3 nitrogen and oxygen atoms in total. The number of benzene rings is 8. The molecule has 2 aromatic heterocycles. The third-order valence-corrected chi connectivity index (χ3v) is 11.8. The highest BCUT2D eigenvalue weighted by Crippen LogP contribution is 2.55. The van der Waals surface area contributed by atoms with E-state index in [0.717, 1.165) is 55.6 Å². The van der Waals surface area contributed by atoms with Gasteiger partial charge in [0.25, 0.3) is 0 Å². The largest absolute Gasteiger partial charge is 0.456 e. The maximum atomic E-state index is 6.27. The number of rotatable bonds is 6. The normalized spacial score (nSPS) is 14.5. The zero-order valence-corrected chi connectivity index (χ0v) is 31.4. The van der Waals surface area contributed by atoms with Gasteiger partial charge in [0.1, 0.15) is 11.2 Å². The molecule has 57 heavy (non-hydrogen) atoms. The van der Waals surface area contributed by atoms with Crippen LogP contribution >= 0.6 is 0 Å². The van der Waals surface area contributed by atoms with Crippen LogP contribution in [0.2, 0.25) is 0 Å². The van der Waals surface area contributed by atoms with Gasteiger partial charge in [-0.15, -0.1) is 0 Å². The van der Waals surface area contributed by atoms with Gasteiger partial charge in [-0.2, -0.15) is 0 Å². The van der Waals surface area contributed by atoms with Crippen LogP contribution in [-0.2, 0) is 5.41 Å². The highest BCUT2D eigenvalue weighted by Gasteiger charge is 2.42. The molecule has 1 unspecified atom stereocenters. The predicted octanol–water partition coefficient (Wildman–Crippen LogP) is 14.0. The van der Waals surface area contributed by atoms with Crippen molar-refractivity contribution >= 4 is 21.9 Å². The lowest BCUT2D eigenvalue weighted by molar-refractivity contribution is 0.669. The number of hydrogen-bond acceptors (Lipinski definition) is 3. The van der Waals surface area contributed by atoms with E-state index in [0.29, 0.717) is 5.82 Å². The quantitative estimate of drug-likeness (QED) is 0.171. The minimum Gasteiger partial charge on any atom is -0.456 e. The zero-order valence-electron chi connectivity index (χ0n) is 31.4. The van der Waals surface area contributed by atoms with Crippen LogP contribution in [0, 0.1) is 0 Å². The fourth-order valence-corrected chi connectivity index (χ4v) is 8.88. The average Bonchev–Trinajstić information content (AvgIpc) is 3.79. The summed E-state index contributed by atoms with van der Waals surface area (Å²) < 4.78 is 6.27. The van der Waals surface area contributed by atoms with Crippen molar-refractivity contribution in [3.05, 3.63) is 217 Å². The van der Waals surface area contributed by atoms with Crippen molar-refractivity contribution in [3.8, 4) is 67.3 Å². The molecule has 2 heterocycles. The van der Waals surface area contributed by atoms with Gasteiger partial charge in [-0.3, -0.25) is 0 Å². The number of furan rings is 1. The van der Waals surface area contributed by atoms with Crippen LogP contribution in [0.4, 0.5) is 0 Å². The molecule has 0 bridgehead atoms. The maximum Gasteiger partial charge on any atom is 0.160 e. The van der Waals surface area contributed by atoms with Crippen LogP contribution in [0.1, 0.15) is 23.6 Å². The van der Waals surface area contributed by atoms with E-state index >= 15 is 0 Å². The first-order chi connectivity index (χ1) is 28.1. The Morgan fingerprint density at radius 1 is 0.386 bits per heavy atom. The number of nitrogens with zero attached hydrogens (tertiary/aromatic N) is 2. The van der Waals surface area contributed by atoms with Gasteiger partial charge in [0.15, 0.2) is 5.82 Å². The topological polar surface area (TPSA) is 38.9 Å². The van der Waals surface area contributed by atoms with Gasteiger partial charge < -0.3 is 4.42 Å². The SMILES string of the molecule is CC1(c2ccccc2)c2cc(-c3ccc(-c4cc(-c5ccc6c(c5)oc5ccccc56)nc(-c5ccccc5)n4)cc3)ccc2-c2c(-c3ccccc3)cccc21. The van der Waals surface area contributed by atoms with E-state index in [1.807, 2.05) is 36.4 Å². The van der Waals surface area contributed by atoms with Crippen molar-refractivity contribution in [2.45, 2.75) is 12.3 Å². The van der Waals surface area contributed by atoms with E-state index in [1.54, 1.807) is 0 Å². The van der Waals surface area contributed by atoms with Crippen LogP contribution in [0.25, 0.3) is 89.2 Å². The molecule has 0 N–H and O–H groups in total. The summed E-state index contributed by atoms with van der Waals surface area (Å²) in [6, 6.07) is 71.2. The Hall–Kier alpha value is -7.36. The fourth-order valence-electron chi connectivity index (χ4n) is 8.88. The minimum atomic E-state index is -0.316. The van der Waals surface area contributed by atoms with Crippen LogP contribution in [0.15, 0.2) is 205 Å².